The molecule has 4 nitrogen and oxygen atoms in total. The summed E-state index contributed by atoms with van der Waals surface area (Å²) in [5.74, 6) is 0.962. The first kappa shape index (κ1) is 19.9. The highest BCUT2D eigenvalue weighted by atomic mass is 35.5. The van der Waals surface area contributed by atoms with Crippen LogP contribution in [0.25, 0.3) is 0 Å². The van der Waals surface area contributed by atoms with Gasteiger partial charge in [-0.2, -0.15) is 0 Å². The van der Waals surface area contributed by atoms with Gasteiger partial charge in [0.1, 0.15) is 12.4 Å². The lowest BCUT2D eigenvalue weighted by molar-refractivity contribution is 0.110. The quantitative estimate of drug-likeness (QED) is 0.668. The van der Waals surface area contributed by atoms with Gasteiger partial charge in [0, 0.05) is 30.8 Å². The van der Waals surface area contributed by atoms with Gasteiger partial charge in [-0.3, -0.25) is 0 Å². The molecule has 6 heteroatoms. The van der Waals surface area contributed by atoms with Crippen molar-refractivity contribution in [3.8, 4) is 11.5 Å². The highest BCUT2D eigenvalue weighted by molar-refractivity contribution is 6.31. The van der Waals surface area contributed by atoms with Gasteiger partial charge < -0.3 is 19.5 Å². The van der Waals surface area contributed by atoms with Gasteiger partial charge in [0.25, 0.3) is 0 Å². The highest BCUT2D eigenvalue weighted by Gasteiger charge is 2.16. The SMILES string of the molecule is CCOc1cc(CNCC2CCCO2)c(Cl)cc1OCc1ccc(F)cc1. The zero-order valence-corrected chi connectivity index (χ0v) is 16.2. The Morgan fingerprint density at radius 2 is 1.96 bits per heavy atom. The van der Waals surface area contributed by atoms with Crippen LogP contribution in [0.2, 0.25) is 5.02 Å². The van der Waals surface area contributed by atoms with Crippen LogP contribution in [0, 0.1) is 5.82 Å². The van der Waals surface area contributed by atoms with Gasteiger partial charge in [-0.05, 0) is 49.1 Å². The smallest absolute Gasteiger partial charge is 0.163 e. The third kappa shape index (κ3) is 5.83. The van der Waals surface area contributed by atoms with Crippen LogP contribution < -0.4 is 14.8 Å². The van der Waals surface area contributed by atoms with Crippen LogP contribution >= 0.6 is 11.6 Å². The lowest BCUT2D eigenvalue weighted by atomic mass is 10.1. The molecule has 0 aliphatic carbocycles. The molecule has 1 saturated heterocycles. The molecule has 0 spiro atoms. The molecule has 1 unspecified atom stereocenters. The molecule has 1 aliphatic rings. The summed E-state index contributed by atoms with van der Waals surface area (Å²) < 4.78 is 30.2. The van der Waals surface area contributed by atoms with Crippen molar-refractivity contribution in [1.29, 1.82) is 0 Å². The molecule has 0 amide bonds. The summed E-state index contributed by atoms with van der Waals surface area (Å²) in [5.41, 5.74) is 1.82. The minimum atomic E-state index is -0.267. The van der Waals surface area contributed by atoms with Crippen molar-refractivity contribution in [2.45, 2.75) is 39.0 Å². The molecule has 0 aromatic heterocycles. The molecule has 1 fully saturated rings. The fourth-order valence-corrected chi connectivity index (χ4v) is 3.23. The minimum absolute atomic E-state index is 0.267. The predicted molar refractivity (Wildman–Crippen MR) is 104 cm³/mol. The van der Waals surface area contributed by atoms with E-state index in [-0.39, 0.29) is 11.9 Å². The van der Waals surface area contributed by atoms with E-state index in [1.54, 1.807) is 18.2 Å². The molecule has 2 aromatic rings. The van der Waals surface area contributed by atoms with Crippen LogP contribution in [0.1, 0.15) is 30.9 Å². The Balaban J connectivity index is 1.64. The molecule has 1 atom stereocenters. The van der Waals surface area contributed by atoms with E-state index in [4.69, 9.17) is 25.8 Å². The monoisotopic (exact) mass is 393 g/mol. The van der Waals surface area contributed by atoms with Crippen LogP contribution in [0.4, 0.5) is 4.39 Å². The molecular formula is C21H25ClFNO3. The Bertz CT molecular complexity index is 733. The molecule has 3 rings (SSSR count). The van der Waals surface area contributed by atoms with Gasteiger partial charge in [0.15, 0.2) is 11.5 Å². The topological polar surface area (TPSA) is 39.7 Å². The largest absolute Gasteiger partial charge is 0.490 e. The maximum atomic E-state index is 13.0. The number of halogens is 2. The van der Waals surface area contributed by atoms with Crippen LogP contribution in [0.5, 0.6) is 11.5 Å². The number of rotatable bonds is 9. The van der Waals surface area contributed by atoms with Crippen LogP contribution in [-0.4, -0.2) is 25.9 Å². The molecule has 0 saturated carbocycles. The van der Waals surface area contributed by atoms with E-state index >= 15 is 0 Å². The maximum absolute atomic E-state index is 13.0. The Morgan fingerprint density at radius 3 is 2.67 bits per heavy atom. The van der Waals surface area contributed by atoms with Crippen molar-refractivity contribution >= 4 is 11.6 Å². The molecule has 1 heterocycles. The number of benzene rings is 2. The molecule has 2 aromatic carbocycles. The molecule has 1 aliphatic heterocycles. The lowest BCUT2D eigenvalue weighted by Crippen LogP contribution is -2.25. The van der Waals surface area contributed by atoms with Gasteiger partial charge in [0.05, 0.1) is 12.7 Å². The third-order valence-corrected chi connectivity index (χ3v) is 4.78. The van der Waals surface area contributed by atoms with Gasteiger partial charge in [-0.25, -0.2) is 4.39 Å². The third-order valence-electron chi connectivity index (χ3n) is 4.43. The van der Waals surface area contributed by atoms with Crippen molar-refractivity contribution < 1.29 is 18.6 Å². The molecule has 27 heavy (non-hydrogen) atoms. The minimum Gasteiger partial charge on any atom is -0.490 e. The van der Waals surface area contributed by atoms with Crippen molar-refractivity contribution in [2.24, 2.45) is 0 Å². The van der Waals surface area contributed by atoms with E-state index in [9.17, 15) is 4.39 Å². The first-order valence-electron chi connectivity index (χ1n) is 9.30. The second-order valence-electron chi connectivity index (χ2n) is 6.50. The first-order chi connectivity index (χ1) is 13.2. The average molecular weight is 394 g/mol. The fourth-order valence-electron chi connectivity index (χ4n) is 3.01. The van der Waals surface area contributed by atoms with Gasteiger partial charge in [-0.15, -0.1) is 0 Å². The van der Waals surface area contributed by atoms with E-state index in [2.05, 4.69) is 5.32 Å². The van der Waals surface area contributed by atoms with Crippen molar-refractivity contribution in [2.75, 3.05) is 19.8 Å². The first-order valence-corrected chi connectivity index (χ1v) is 9.68. The maximum Gasteiger partial charge on any atom is 0.163 e. The normalized spacial score (nSPS) is 16.5. The van der Waals surface area contributed by atoms with Gasteiger partial charge in [0.2, 0.25) is 0 Å². The zero-order chi connectivity index (χ0) is 19.1. The summed E-state index contributed by atoms with van der Waals surface area (Å²) in [5, 5.41) is 4.01. The van der Waals surface area contributed by atoms with Crippen molar-refractivity contribution in [3.63, 3.8) is 0 Å². The molecule has 1 N–H and O–H groups in total. The van der Waals surface area contributed by atoms with Gasteiger partial charge in [-0.1, -0.05) is 23.7 Å². The average Bonchev–Trinajstić information content (AvgIpc) is 3.18. The second-order valence-corrected chi connectivity index (χ2v) is 6.91. The summed E-state index contributed by atoms with van der Waals surface area (Å²) >= 11 is 6.44. The van der Waals surface area contributed by atoms with Crippen molar-refractivity contribution in [3.05, 3.63) is 58.4 Å². The van der Waals surface area contributed by atoms with E-state index < -0.39 is 0 Å². The molecule has 0 bridgehead atoms. The fraction of sp³-hybridized carbons (Fsp3) is 0.429. The molecule has 0 radical (unpaired) electrons. The molecular weight excluding hydrogens is 369 g/mol. The summed E-state index contributed by atoms with van der Waals surface area (Å²) in [4.78, 5) is 0. The van der Waals surface area contributed by atoms with Crippen LogP contribution in [-0.2, 0) is 17.9 Å². The van der Waals surface area contributed by atoms with E-state index in [1.165, 1.54) is 12.1 Å². The Morgan fingerprint density at radius 1 is 1.19 bits per heavy atom. The van der Waals surface area contributed by atoms with E-state index in [1.807, 2.05) is 13.0 Å². The second kappa shape index (κ2) is 9.93. The van der Waals surface area contributed by atoms with E-state index in [0.717, 1.165) is 37.1 Å². The van der Waals surface area contributed by atoms with Crippen LogP contribution in [0.3, 0.4) is 0 Å². The Kier molecular flexibility index (Phi) is 7.33. The lowest BCUT2D eigenvalue weighted by Gasteiger charge is -2.16. The van der Waals surface area contributed by atoms with Crippen molar-refractivity contribution in [1.82, 2.24) is 5.32 Å². The van der Waals surface area contributed by atoms with Crippen LogP contribution in [0.15, 0.2) is 36.4 Å². The Hall–Kier alpha value is -1.82. The summed E-state index contributed by atoms with van der Waals surface area (Å²) in [6.07, 6.45) is 2.51. The summed E-state index contributed by atoms with van der Waals surface area (Å²) in [7, 11) is 0. The molecule has 146 valence electrons. The van der Waals surface area contributed by atoms with E-state index in [0.29, 0.717) is 36.3 Å². The summed E-state index contributed by atoms with van der Waals surface area (Å²) in [6.45, 7) is 5.06. The number of ether oxygens (including phenoxy) is 3. The highest BCUT2D eigenvalue weighted by Crippen LogP contribution is 2.34. The summed E-state index contributed by atoms with van der Waals surface area (Å²) in [6, 6.07) is 9.91. The predicted octanol–water partition coefficient (Wildman–Crippen LogP) is 4.73. The zero-order valence-electron chi connectivity index (χ0n) is 15.5. The number of hydrogen-bond acceptors (Lipinski definition) is 4. The standard InChI is InChI=1S/C21H25ClFNO3/c1-2-25-20-10-16(12-24-13-18-4-3-9-26-18)19(22)11-21(20)27-14-15-5-7-17(23)8-6-15/h5-8,10-11,18,24H,2-4,9,12-14H2,1H3. The number of nitrogens with one attached hydrogen (secondary N) is 1. The van der Waals surface area contributed by atoms with Gasteiger partial charge >= 0.3 is 0 Å². The number of hydrogen-bond donors (Lipinski definition) is 1. The Labute approximate surface area is 164 Å².